The Bertz CT molecular complexity index is 403. The summed E-state index contributed by atoms with van der Waals surface area (Å²) in [6.07, 6.45) is 12.7. The van der Waals surface area contributed by atoms with E-state index in [0.717, 1.165) is 12.8 Å². The van der Waals surface area contributed by atoms with Crippen molar-refractivity contribution in [2.45, 2.75) is 96.0 Å². The van der Waals surface area contributed by atoms with Gasteiger partial charge in [0.25, 0.3) is 0 Å². The number of nitrogens with zero attached hydrogens (tertiary/aromatic N) is 1. The maximum atomic E-state index is 12.4. The quantitative estimate of drug-likeness (QED) is 0.315. The molecule has 0 saturated carbocycles. The molecule has 0 aliphatic carbocycles. The van der Waals surface area contributed by atoms with E-state index in [-0.39, 0.29) is 18.7 Å². The molecule has 0 aliphatic rings. The number of quaternary nitrogens is 1. The van der Waals surface area contributed by atoms with E-state index >= 15 is 0 Å². The smallest absolute Gasteiger partial charge is 0.177 e. The zero-order valence-electron chi connectivity index (χ0n) is 17.5. The first kappa shape index (κ1) is 25.1. The second-order valence-electron chi connectivity index (χ2n) is 8.74. The SMILES string of the molecule is CCCCCCCCCCCCCC(=O)[C@](O)(CC(=O)[O-])C[N+](C)(C)C. The summed E-state index contributed by atoms with van der Waals surface area (Å²) in [4.78, 5) is 23.3. The van der Waals surface area contributed by atoms with Crippen LogP contribution in [0.15, 0.2) is 0 Å². The number of unbranched alkanes of at least 4 members (excludes halogenated alkanes) is 10. The van der Waals surface area contributed by atoms with Crippen molar-refractivity contribution in [1.82, 2.24) is 0 Å². The normalized spacial score (nSPS) is 14.2. The predicted molar refractivity (Wildman–Crippen MR) is 104 cm³/mol. The minimum absolute atomic E-state index is 0.0812. The number of carbonyl (C=O) groups is 2. The molecule has 26 heavy (non-hydrogen) atoms. The summed E-state index contributed by atoms with van der Waals surface area (Å²) < 4.78 is 0.327. The van der Waals surface area contributed by atoms with E-state index in [0.29, 0.717) is 10.9 Å². The van der Waals surface area contributed by atoms with Crippen molar-refractivity contribution in [3.8, 4) is 0 Å². The van der Waals surface area contributed by atoms with Crippen molar-refractivity contribution in [2.24, 2.45) is 0 Å². The lowest BCUT2D eigenvalue weighted by atomic mass is 9.89. The van der Waals surface area contributed by atoms with Gasteiger partial charge in [-0.1, -0.05) is 71.1 Å². The van der Waals surface area contributed by atoms with Gasteiger partial charge in [0, 0.05) is 18.8 Å². The highest BCUT2D eigenvalue weighted by atomic mass is 16.4. The summed E-state index contributed by atoms with van der Waals surface area (Å²) in [5, 5.41) is 21.5. The Hall–Kier alpha value is -0.940. The van der Waals surface area contributed by atoms with Gasteiger partial charge in [-0.25, -0.2) is 0 Å². The highest BCUT2D eigenvalue weighted by molar-refractivity contribution is 5.90. The highest BCUT2D eigenvalue weighted by Crippen LogP contribution is 2.20. The Morgan fingerprint density at radius 1 is 0.846 bits per heavy atom. The van der Waals surface area contributed by atoms with Gasteiger partial charge < -0.3 is 19.5 Å². The summed E-state index contributed by atoms with van der Waals surface area (Å²) in [7, 11) is 5.49. The van der Waals surface area contributed by atoms with Crippen LogP contribution in [0.25, 0.3) is 0 Å². The molecule has 0 bridgehead atoms. The highest BCUT2D eigenvalue weighted by Gasteiger charge is 2.40. The van der Waals surface area contributed by atoms with Gasteiger partial charge in [-0.05, 0) is 6.42 Å². The summed E-state index contributed by atoms with van der Waals surface area (Å²) in [6, 6.07) is 0. The largest absolute Gasteiger partial charge is 0.550 e. The maximum Gasteiger partial charge on any atom is 0.177 e. The van der Waals surface area contributed by atoms with Crippen LogP contribution in [0.3, 0.4) is 0 Å². The molecule has 0 aromatic carbocycles. The summed E-state index contributed by atoms with van der Waals surface area (Å²) >= 11 is 0. The molecule has 0 heterocycles. The molecule has 0 aromatic heterocycles. The van der Waals surface area contributed by atoms with Gasteiger partial charge in [0.2, 0.25) is 0 Å². The lowest BCUT2D eigenvalue weighted by Crippen LogP contribution is -2.56. The third kappa shape index (κ3) is 13.3. The van der Waals surface area contributed by atoms with Crippen LogP contribution in [0.1, 0.15) is 90.4 Å². The Balaban J connectivity index is 3.97. The average Bonchev–Trinajstić information content (AvgIpc) is 2.49. The molecule has 1 atom stereocenters. The van der Waals surface area contributed by atoms with Gasteiger partial charge in [0.1, 0.15) is 6.54 Å². The number of carbonyl (C=O) groups excluding carboxylic acids is 2. The first-order valence-corrected chi connectivity index (χ1v) is 10.4. The first-order chi connectivity index (χ1) is 12.1. The molecule has 0 aromatic rings. The van der Waals surface area contributed by atoms with E-state index in [2.05, 4.69) is 6.92 Å². The summed E-state index contributed by atoms with van der Waals surface area (Å²) in [5.41, 5.74) is -1.82. The minimum atomic E-state index is -1.82. The number of rotatable bonds is 17. The van der Waals surface area contributed by atoms with Crippen molar-refractivity contribution >= 4 is 11.8 Å². The van der Waals surface area contributed by atoms with Crippen LogP contribution in [0.2, 0.25) is 0 Å². The van der Waals surface area contributed by atoms with Gasteiger partial charge in [0.05, 0.1) is 21.1 Å². The maximum absolute atomic E-state index is 12.4. The number of ketones is 1. The Morgan fingerprint density at radius 2 is 1.27 bits per heavy atom. The molecule has 0 aliphatic heterocycles. The van der Waals surface area contributed by atoms with Crippen molar-refractivity contribution in [1.29, 1.82) is 0 Å². The number of hydrogen-bond acceptors (Lipinski definition) is 4. The van der Waals surface area contributed by atoms with Crippen LogP contribution in [0.4, 0.5) is 0 Å². The van der Waals surface area contributed by atoms with E-state index in [1.165, 1.54) is 51.4 Å². The average molecular weight is 372 g/mol. The lowest BCUT2D eigenvalue weighted by Gasteiger charge is -2.34. The van der Waals surface area contributed by atoms with Crippen molar-refractivity contribution in [3.63, 3.8) is 0 Å². The number of carboxylic acid groups (broad SMARTS) is 1. The van der Waals surface area contributed by atoms with Crippen LogP contribution >= 0.6 is 0 Å². The molecular weight excluding hydrogens is 330 g/mol. The van der Waals surface area contributed by atoms with Gasteiger partial charge >= 0.3 is 0 Å². The molecule has 0 rings (SSSR count). The molecule has 0 saturated heterocycles. The van der Waals surface area contributed by atoms with E-state index < -0.39 is 18.0 Å². The Morgan fingerprint density at radius 3 is 1.65 bits per heavy atom. The van der Waals surface area contributed by atoms with Crippen molar-refractivity contribution in [2.75, 3.05) is 27.7 Å². The number of likely N-dealkylation sites (N-methyl/N-ethyl adjacent to an activating group) is 1. The third-order valence-electron chi connectivity index (χ3n) is 4.70. The van der Waals surface area contributed by atoms with E-state index in [1.807, 2.05) is 21.1 Å². The van der Waals surface area contributed by atoms with Crippen molar-refractivity contribution in [3.05, 3.63) is 0 Å². The third-order valence-corrected chi connectivity index (χ3v) is 4.70. The fourth-order valence-corrected chi connectivity index (χ4v) is 3.45. The van der Waals surface area contributed by atoms with E-state index in [9.17, 15) is 19.8 Å². The Kier molecular flexibility index (Phi) is 12.8. The molecule has 0 fully saturated rings. The predicted octanol–water partition coefficient (Wildman–Crippen LogP) is 2.83. The van der Waals surface area contributed by atoms with Crippen LogP contribution < -0.4 is 5.11 Å². The monoisotopic (exact) mass is 371 g/mol. The first-order valence-electron chi connectivity index (χ1n) is 10.4. The standard InChI is InChI=1S/C21H41NO4/c1-5-6-7-8-9-10-11-12-13-14-15-16-19(23)21(26,17-20(24)25)18-22(2,3)4/h26H,5-18H2,1-4H3/t21-/m0/s1. The second-order valence-corrected chi connectivity index (χ2v) is 8.74. The molecule has 5 nitrogen and oxygen atoms in total. The zero-order chi connectivity index (χ0) is 20.1. The van der Waals surface area contributed by atoms with Crippen LogP contribution in [0.5, 0.6) is 0 Å². The number of aliphatic hydroxyl groups is 1. The molecule has 0 spiro atoms. The molecule has 1 N–H and O–H groups in total. The van der Waals surface area contributed by atoms with Gasteiger partial charge in [-0.3, -0.25) is 4.79 Å². The van der Waals surface area contributed by atoms with Gasteiger partial charge in [-0.2, -0.15) is 0 Å². The van der Waals surface area contributed by atoms with E-state index in [1.54, 1.807) is 0 Å². The minimum Gasteiger partial charge on any atom is -0.550 e. The number of carboxylic acids is 1. The Labute approximate surface area is 160 Å². The van der Waals surface area contributed by atoms with Crippen molar-refractivity contribution < 1.29 is 24.3 Å². The molecule has 0 unspecified atom stereocenters. The molecule has 0 radical (unpaired) electrons. The van der Waals surface area contributed by atoms with Crippen LogP contribution in [0, 0.1) is 0 Å². The van der Waals surface area contributed by atoms with Gasteiger partial charge in [-0.15, -0.1) is 0 Å². The lowest BCUT2D eigenvalue weighted by molar-refractivity contribution is -0.875. The van der Waals surface area contributed by atoms with Gasteiger partial charge in [0.15, 0.2) is 11.4 Å². The number of Topliss-reactive ketones (excluding diaryl/α,β-unsaturated/α-hetero) is 1. The number of aliphatic carboxylic acids is 1. The fourth-order valence-electron chi connectivity index (χ4n) is 3.45. The topological polar surface area (TPSA) is 77.4 Å². The molecular formula is C21H41NO4. The summed E-state index contributed by atoms with van der Waals surface area (Å²) in [6.45, 7) is 2.31. The zero-order valence-corrected chi connectivity index (χ0v) is 17.5. The number of hydrogen-bond donors (Lipinski definition) is 1. The molecule has 5 heteroatoms. The summed E-state index contributed by atoms with van der Waals surface area (Å²) in [5.74, 6) is -1.75. The second kappa shape index (κ2) is 13.3. The van der Waals surface area contributed by atoms with Crippen LogP contribution in [-0.2, 0) is 9.59 Å². The fraction of sp³-hybridized carbons (Fsp3) is 0.905. The van der Waals surface area contributed by atoms with Crippen LogP contribution in [-0.4, -0.2) is 54.6 Å². The molecule has 0 amide bonds. The molecule has 154 valence electrons. The van der Waals surface area contributed by atoms with E-state index in [4.69, 9.17) is 0 Å².